The lowest BCUT2D eigenvalue weighted by Gasteiger charge is -2.29. The van der Waals surface area contributed by atoms with E-state index >= 15 is 0 Å². The number of aliphatic hydroxyl groups excluding tert-OH is 2. The minimum atomic E-state index is -1.58. The maximum absolute atomic E-state index is 13.5. The van der Waals surface area contributed by atoms with E-state index in [1.54, 1.807) is 13.8 Å². The van der Waals surface area contributed by atoms with Crippen molar-refractivity contribution < 1.29 is 58.5 Å². The predicted molar refractivity (Wildman–Crippen MR) is 185 cm³/mol. The van der Waals surface area contributed by atoms with Crippen molar-refractivity contribution in [1.29, 1.82) is 0 Å². The summed E-state index contributed by atoms with van der Waals surface area (Å²) in [5.41, 5.74) is 5.10. The highest BCUT2D eigenvalue weighted by Crippen LogP contribution is 2.19. The fourth-order valence-electron chi connectivity index (χ4n) is 5.83. The van der Waals surface area contributed by atoms with Crippen LogP contribution in [0.1, 0.15) is 71.6 Å². The van der Waals surface area contributed by atoms with Crippen LogP contribution < -0.4 is 32.3 Å². The Bertz CT molecular complexity index is 1370. The molecule has 0 bridgehead atoms. The second-order valence-corrected chi connectivity index (χ2v) is 13.2. The van der Waals surface area contributed by atoms with Gasteiger partial charge in [-0.05, 0) is 50.9 Å². The number of rotatable bonds is 23. The average Bonchev–Trinajstić information content (AvgIpc) is 3.72. The first-order chi connectivity index (χ1) is 25.1. The van der Waals surface area contributed by atoms with E-state index in [-0.39, 0.29) is 57.7 Å². The summed E-state index contributed by atoms with van der Waals surface area (Å²) in [6.45, 7) is 2.19. The maximum atomic E-state index is 13.5. The van der Waals surface area contributed by atoms with Crippen LogP contribution >= 0.6 is 0 Å². The van der Waals surface area contributed by atoms with Crippen LogP contribution in [0.4, 0.5) is 4.79 Å². The molecule has 0 saturated carbocycles. The monoisotopic (exact) mass is 752 g/mol. The van der Waals surface area contributed by atoms with E-state index in [1.807, 2.05) is 0 Å². The molecule has 0 aliphatic carbocycles. The molecule has 0 aromatic carbocycles. The van der Waals surface area contributed by atoms with Gasteiger partial charge in [-0.3, -0.25) is 38.5 Å². The predicted octanol–water partition coefficient (Wildman–Crippen LogP) is -3.03. The molecular formula is C33H52N8O12. The molecule has 2 aliphatic heterocycles. The summed E-state index contributed by atoms with van der Waals surface area (Å²) in [4.78, 5) is 114. The highest BCUT2D eigenvalue weighted by molar-refractivity contribution is 6.12. The Labute approximate surface area is 306 Å². The van der Waals surface area contributed by atoms with Crippen molar-refractivity contribution in [3.8, 4) is 0 Å². The topological polar surface area (TPSA) is 307 Å². The number of primary amides is 1. The van der Waals surface area contributed by atoms with E-state index in [9.17, 15) is 58.5 Å². The summed E-state index contributed by atoms with van der Waals surface area (Å²) in [7, 11) is 0. The van der Waals surface area contributed by atoms with Crippen LogP contribution in [0, 0.1) is 5.92 Å². The molecule has 0 aromatic rings. The quantitative estimate of drug-likeness (QED) is 0.0372. The van der Waals surface area contributed by atoms with E-state index in [1.165, 1.54) is 17.1 Å². The molecule has 20 nitrogen and oxygen atoms in total. The summed E-state index contributed by atoms with van der Waals surface area (Å²) >= 11 is 0. The number of nitrogens with zero attached hydrogens (tertiary/aromatic N) is 2. The van der Waals surface area contributed by atoms with Gasteiger partial charge in [-0.15, -0.1) is 0 Å². The number of imide groups is 1. The van der Waals surface area contributed by atoms with Crippen LogP contribution in [0.3, 0.4) is 0 Å². The van der Waals surface area contributed by atoms with Gasteiger partial charge in [0.25, 0.3) is 11.8 Å². The molecule has 1 saturated heterocycles. The van der Waals surface area contributed by atoms with Gasteiger partial charge in [0.2, 0.25) is 29.5 Å². The molecule has 10 N–H and O–H groups in total. The first kappa shape index (κ1) is 44.1. The third-order valence-corrected chi connectivity index (χ3v) is 8.58. The number of aliphatic carboxylic acids is 1. The van der Waals surface area contributed by atoms with Crippen LogP contribution in [0.2, 0.25) is 0 Å². The molecular weight excluding hydrogens is 700 g/mol. The number of amides is 9. The Balaban J connectivity index is 2.03. The van der Waals surface area contributed by atoms with Gasteiger partial charge in [0, 0.05) is 38.2 Å². The lowest BCUT2D eigenvalue weighted by atomic mass is 10.0. The van der Waals surface area contributed by atoms with Crippen LogP contribution in [-0.2, 0) is 38.4 Å². The van der Waals surface area contributed by atoms with Gasteiger partial charge >= 0.3 is 12.0 Å². The number of carboxylic acid groups (broad SMARTS) is 1. The smallest absolute Gasteiger partial charge is 0.326 e. The number of likely N-dealkylation sites (tertiary alicyclic amines) is 1. The zero-order valence-corrected chi connectivity index (χ0v) is 30.0. The molecule has 296 valence electrons. The van der Waals surface area contributed by atoms with Crippen molar-refractivity contribution in [3.05, 3.63) is 12.2 Å². The van der Waals surface area contributed by atoms with Gasteiger partial charge in [-0.25, -0.2) is 9.59 Å². The van der Waals surface area contributed by atoms with E-state index < -0.39 is 96.8 Å². The molecule has 9 amide bonds. The minimum absolute atomic E-state index is 0.00319. The van der Waals surface area contributed by atoms with Crippen LogP contribution in [0.15, 0.2) is 12.2 Å². The lowest BCUT2D eigenvalue weighted by Crippen LogP contribution is -2.59. The van der Waals surface area contributed by atoms with Crippen LogP contribution in [0.25, 0.3) is 0 Å². The molecule has 1 fully saturated rings. The number of urea groups is 1. The van der Waals surface area contributed by atoms with E-state index in [0.717, 1.165) is 4.90 Å². The number of hydrogen-bond donors (Lipinski definition) is 9. The molecule has 0 unspecified atom stereocenters. The van der Waals surface area contributed by atoms with Crippen molar-refractivity contribution in [2.45, 2.75) is 102 Å². The number of hydrogen-bond acceptors (Lipinski definition) is 11. The van der Waals surface area contributed by atoms with Crippen LogP contribution in [0.5, 0.6) is 0 Å². The fourth-order valence-corrected chi connectivity index (χ4v) is 5.83. The normalized spacial score (nSPS) is 17.6. The molecule has 0 spiro atoms. The highest BCUT2D eigenvalue weighted by Gasteiger charge is 2.39. The summed E-state index contributed by atoms with van der Waals surface area (Å²) < 4.78 is 0. The summed E-state index contributed by atoms with van der Waals surface area (Å²) in [5.74, 6) is -6.08. The standard InChI is InChI=1S/C33H52N8O12/c1-19(2)16-21(32(51)52)38-29(48)22(17-42)39-28(47)20(8-6-13-35-33(34)53)37-30(49)24-9-7-15-40(24)31(50)23(18-43)36-25(44)10-4-3-5-14-41-26(45)11-12-27(41)46/h11-12,19-24,42-43H,3-10,13-18H2,1-2H3,(H,36,44)(H,37,49)(H,38,48)(H,39,47)(H,51,52)(H3,34,35,53)/t20-,21-,22-,23-,24-/m0/s1. The Morgan fingerprint density at radius 2 is 1.45 bits per heavy atom. The third kappa shape index (κ3) is 14.4. The largest absolute Gasteiger partial charge is 0.480 e. The fraction of sp³-hybridized carbons (Fsp3) is 0.667. The number of nitrogens with one attached hydrogen (secondary N) is 5. The summed E-state index contributed by atoms with van der Waals surface area (Å²) in [5, 5.41) is 41.3. The number of carbonyl (C=O) groups excluding carboxylic acids is 8. The van der Waals surface area contributed by atoms with Crippen molar-refractivity contribution in [3.63, 3.8) is 0 Å². The zero-order valence-electron chi connectivity index (χ0n) is 30.0. The van der Waals surface area contributed by atoms with Gasteiger partial charge in [0.15, 0.2) is 0 Å². The van der Waals surface area contributed by atoms with E-state index in [0.29, 0.717) is 25.7 Å². The van der Waals surface area contributed by atoms with Gasteiger partial charge in [0.1, 0.15) is 30.2 Å². The van der Waals surface area contributed by atoms with E-state index in [4.69, 9.17) is 5.73 Å². The Morgan fingerprint density at radius 1 is 0.830 bits per heavy atom. The number of nitrogens with two attached hydrogens (primary N) is 1. The second kappa shape index (κ2) is 22.1. The molecule has 2 aliphatic rings. The lowest BCUT2D eigenvalue weighted by molar-refractivity contribution is -0.143. The Hall–Kier alpha value is -5.11. The average molecular weight is 753 g/mol. The summed E-state index contributed by atoms with van der Waals surface area (Å²) in [6, 6.07) is -7.48. The minimum Gasteiger partial charge on any atom is -0.480 e. The Kier molecular flexibility index (Phi) is 18.3. The van der Waals surface area contributed by atoms with Crippen molar-refractivity contribution in [1.82, 2.24) is 36.4 Å². The highest BCUT2D eigenvalue weighted by atomic mass is 16.4. The van der Waals surface area contributed by atoms with Crippen molar-refractivity contribution in [2.24, 2.45) is 11.7 Å². The number of carboxylic acids is 1. The first-order valence-corrected chi connectivity index (χ1v) is 17.6. The van der Waals surface area contributed by atoms with Gasteiger partial charge in [0.05, 0.1) is 13.2 Å². The van der Waals surface area contributed by atoms with Gasteiger partial charge in [-0.2, -0.15) is 0 Å². The van der Waals surface area contributed by atoms with Gasteiger partial charge in [-0.1, -0.05) is 20.3 Å². The molecule has 2 heterocycles. The molecule has 53 heavy (non-hydrogen) atoms. The number of carbonyl (C=O) groups is 9. The second-order valence-electron chi connectivity index (χ2n) is 13.2. The van der Waals surface area contributed by atoms with Crippen molar-refractivity contribution >= 4 is 53.4 Å². The summed E-state index contributed by atoms with van der Waals surface area (Å²) in [6.07, 6.45) is 4.43. The molecule has 5 atom stereocenters. The third-order valence-electron chi connectivity index (χ3n) is 8.58. The molecule has 0 radical (unpaired) electrons. The number of aliphatic hydroxyl groups is 2. The molecule has 0 aromatic heterocycles. The van der Waals surface area contributed by atoms with Crippen LogP contribution in [-0.4, -0.2) is 142 Å². The number of unbranched alkanes of at least 4 members (excludes halogenated alkanes) is 2. The van der Waals surface area contributed by atoms with Gasteiger partial charge < -0.3 is 52.5 Å². The Morgan fingerprint density at radius 3 is 2.04 bits per heavy atom. The zero-order chi connectivity index (χ0) is 39.7. The first-order valence-electron chi connectivity index (χ1n) is 17.6. The van der Waals surface area contributed by atoms with Crippen molar-refractivity contribution in [2.75, 3.05) is 32.8 Å². The molecule has 20 heteroatoms. The van der Waals surface area contributed by atoms with E-state index in [2.05, 4.69) is 26.6 Å². The maximum Gasteiger partial charge on any atom is 0.326 e. The molecule has 2 rings (SSSR count). The SMILES string of the molecule is CC(C)C[C@H](NC(=O)[C@H](CO)NC(=O)[C@H](CCCNC(N)=O)NC(=O)[C@@H]1CCCN1C(=O)[C@H](CO)NC(=O)CCCCCN1C(=O)C=CC1=O)C(=O)O.